The molecule has 1 aromatic heterocycles. The number of nitrogens with zero attached hydrogens (tertiary/aromatic N) is 3. The second-order valence-corrected chi connectivity index (χ2v) is 6.20. The van der Waals surface area contributed by atoms with Gasteiger partial charge in [0, 0.05) is 12.2 Å². The molecule has 2 heterocycles. The van der Waals surface area contributed by atoms with E-state index >= 15 is 0 Å². The van der Waals surface area contributed by atoms with Gasteiger partial charge in [0.05, 0.1) is 23.4 Å². The number of rotatable bonds is 1. The van der Waals surface area contributed by atoms with E-state index in [4.69, 9.17) is 0 Å². The van der Waals surface area contributed by atoms with Gasteiger partial charge in [-0.05, 0) is 42.7 Å². The van der Waals surface area contributed by atoms with Crippen molar-refractivity contribution in [3.05, 3.63) is 47.3 Å². The Balaban J connectivity index is 1.98. The summed E-state index contributed by atoms with van der Waals surface area (Å²) in [5.74, 6) is 2.57. The van der Waals surface area contributed by atoms with Crippen molar-refractivity contribution in [3.8, 4) is 11.2 Å². The fourth-order valence-corrected chi connectivity index (χ4v) is 2.92. The summed E-state index contributed by atoms with van der Waals surface area (Å²) < 4.78 is 39.8. The summed E-state index contributed by atoms with van der Waals surface area (Å²) in [6, 6.07) is 4.47. The van der Waals surface area contributed by atoms with Crippen LogP contribution in [0.2, 0.25) is 0 Å². The standard InChI is InChI=1S/C17H14F3N3OS/c1-11-10-22(14-5-3-13(4-6-14)17(18,19)20)16(24)15-12(7-8-25-2)9-21-23(11)15/h3-6,9,11H,10H2,1-2H3/t11-/m0/s1. The van der Waals surface area contributed by atoms with E-state index in [0.29, 0.717) is 23.5 Å². The molecule has 0 unspecified atom stereocenters. The van der Waals surface area contributed by atoms with Crippen LogP contribution in [0.5, 0.6) is 0 Å². The van der Waals surface area contributed by atoms with Crippen molar-refractivity contribution in [2.75, 3.05) is 17.7 Å². The number of alkyl halides is 3. The monoisotopic (exact) mass is 365 g/mol. The zero-order valence-corrected chi connectivity index (χ0v) is 14.3. The van der Waals surface area contributed by atoms with Crippen LogP contribution in [0.15, 0.2) is 30.5 Å². The molecule has 0 bridgehead atoms. The molecule has 1 aliphatic rings. The summed E-state index contributed by atoms with van der Waals surface area (Å²) in [6.45, 7) is 2.22. The van der Waals surface area contributed by atoms with Gasteiger partial charge in [0.2, 0.25) is 0 Å². The average molecular weight is 365 g/mol. The lowest BCUT2D eigenvalue weighted by atomic mass is 10.1. The van der Waals surface area contributed by atoms with Gasteiger partial charge in [-0.15, -0.1) is 0 Å². The largest absolute Gasteiger partial charge is 0.416 e. The average Bonchev–Trinajstić information content (AvgIpc) is 3.00. The van der Waals surface area contributed by atoms with E-state index in [1.807, 2.05) is 13.2 Å². The number of carbonyl (C=O) groups excluding carboxylic acids is 1. The molecule has 3 rings (SSSR count). The van der Waals surface area contributed by atoms with Crippen LogP contribution in [0.4, 0.5) is 18.9 Å². The summed E-state index contributed by atoms with van der Waals surface area (Å²) in [5.41, 5.74) is 0.550. The molecule has 0 aliphatic carbocycles. The lowest BCUT2D eigenvalue weighted by molar-refractivity contribution is -0.137. The highest BCUT2D eigenvalue weighted by atomic mass is 32.2. The number of anilines is 1. The molecular formula is C17H14F3N3OS. The maximum atomic E-state index is 12.9. The van der Waals surface area contributed by atoms with Crippen LogP contribution in [0.25, 0.3) is 0 Å². The van der Waals surface area contributed by atoms with Crippen LogP contribution in [0.3, 0.4) is 0 Å². The van der Waals surface area contributed by atoms with Gasteiger partial charge >= 0.3 is 6.18 Å². The predicted molar refractivity (Wildman–Crippen MR) is 90.5 cm³/mol. The Bertz CT molecular complexity index is 862. The Kier molecular flexibility index (Phi) is 4.52. The molecule has 130 valence electrons. The van der Waals surface area contributed by atoms with Crippen LogP contribution in [-0.2, 0) is 6.18 Å². The van der Waals surface area contributed by atoms with Gasteiger partial charge in [0.1, 0.15) is 5.69 Å². The van der Waals surface area contributed by atoms with Crippen LogP contribution >= 0.6 is 11.8 Å². The smallest absolute Gasteiger partial charge is 0.305 e. The molecule has 0 saturated carbocycles. The fourth-order valence-electron chi connectivity index (χ4n) is 2.71. The quantitative estimate of drug-likeness (QED) is 0.722. The Labute approximate surface area is 147 Å². The van der Waals surface area contributed by atoms with E-state index in [0.717, 1.165) is 12.1 Å². The second-order valence-electron chi connectivity index (χ2n) is 5.59. The van der Waals surface area contributed by atoms with Crippen LogP contribution in [0, 0.1) is 11.2 Å². The van der Waals surface area contributed by atoms with Crippen molar-refractivity contribution in [1.82, 2.24) is 9.78 Å². The van der Waals surface area contributed by atoms with Crippen molar-refractivity contribution in [2.45, 2.75) is 19.1 Å². The highest BCUT2D eigenvalue weighted by molar-refractivity contribution is 8.03. The number of thioether (sulfide) groups is 1. The van der Waals surface area contributed by atoms with Crippen molar-refractivity contribution >= 4 is 23.4 Å². The number of hydrogen-bond donors (Lipinski definition) is 0. The third-order valence-corrected chi connectivity index (χ3v) is 4.21. The van der Waals surface area contributed by atoms with Crippen molar-refractivity contribution in [1.29, 1.82) is 0 Å². The SMILES string of the molecule is CSC#Cc1cnn2c1C(=O)N(c1ccc(C(F)(F)F)cc1)C[C@@H]2C. The van der Waals surface area contributed by atoms with Crippen molar-refractivity contribution < 1.29 is 18.0 Å². The highest BCUT2D eigenvalue weighted by Crippen LogP contribution is 2.32. The minimum atomic E-state index is -4.41. The molecule has 0 spiro atoms. The molecule has 1 amide bonds. The number of aromatic nitrogens is 2. The molecule has 1 atom stereocenters. The summed E-state index contributed by atoms with van der Waals surface area (Å²) in [4.78, 5) is 14.3. The van der Waals surface area contributed by atoms with Gasteiger partial charge in [-0.2, -0.15) is 18.3 Å². The first kappa shape index (κ1) is 17.4. The number of amides is 1. The van der Waals surface area contributed by atoms with Gasteiger partial charge in [-0.3, -0.25) is 9.48 Å². The van der Waals surface area contributed by atoms with Crippen molar-refractivity contribution in [3.63, 3.8) is 0 Å². The van der Waals surface area contributed by atoms with Gasteiger partial charge in [-0.25, -0.2) is 0 Å². The summed E-state index contributed by atoms with van der Waals surface area (Å²) >= 11 is 1.32. The summed E-state index contributed by atoms with van der Waals surface area (Å²) in [7, 11) is 0. The minimum Gasteiger partial charge on any atom is -0.305 e. The van der Waals surface area contributed by atoms with Gasteiger partial charge in [0.25, 0.3) is 5.91 Å². The molecule has 1 aromatic carbocycles. The topological polar surface area (TPSA) is 38.1 Å². The van der Waals surface area contributed by atoms with E-state index in [2.05, 4.69) is 16.3 Å². The highest BCUT2D eigenvalue weighted by Gasteiger charge is 2.34. The molecule has 8 heteroatoms. The van der Waals surface area contributed by atoms with Crippen LogP contribution in [0.1, 0.15) is 34.6 Å². The normalized spacial score (nSPS) is 17.1. The number of fused-ring (bicyclic) bond motifs is 1. The molecule has 2 aromatic rings. The first-order valence-electron chi connectivity index (χ1n) is 7.43. The molecule has 0 radical (unpaired) electrons. The lowest BCUT2D eigenvalue weighted by Gasteiger charge is -2.32. The molecule has 0 N–H and O–H groups in total. The number of carbonyl (C=O) groups is 1. The summed E-state index contributed by atoms with van der Waals surface area (Å²) in [5, 5.41) is 7.06. The first-order chi connectivity index (χ1) is 11.8. The summed E-state index contributed by atoms with van der Waals surface area (Å²) in [6.07, 6.45) is -1.04. The Morgan fingerprint density at radius 2 is 1.96 bits per heavy atom. The van der Waals surface area contributed by atoms with E-state index < -0.39 is 11.7 Å². The first-order valence-corrected chi connectivity index (χ1v) is 8.66. The van der Waals surface area contributed by atoms with Crippen LogP contribution < -0.4 is 4.90 Å². The van der Waals surface area contributed by atoms with E-state index in [-0.39, 0.29) is 11.9 Å². The third-order valence-electron chi connectivity index (χ3n) is 3.90. The predicted octanol–water partition coefficient (Wildman–Crippen LogP) is 3.80. The second kappa shape index (κ2) is 6.48. The Morgan fingerprint density at radius 3 is 2.56 bits per heavy atom. The fraction of sp³-hybridized carbons (Fsp3) is 0.294. The van der Waals surface area contributed by atoms with E-state index in [1.54, 1.807) is 10.9 Å². The third kappa shape index (κ3) is 3.24. The van der Waals surface area contributed by atoms with Crippen molar-refractivity contribution in [2.24, 2.45) is 0 Å². The molecule has 25 heavy (non-hydrogen) atoms. The zero-order chi connectivity index (χ0) is 18.2. The number of benzene rings is 1. The Morgan fingerprint density at radius 1 is 1.28 bits per heavy atom. The maximum Gasteiger partial charge on any atom is 0.416 e. The Hall–Kier alpha value is -2.40. The zero-order valence-electron chi connectivity index (χ0n) is 13.5. The molecular weight excluding hydrogens is 351 g/mol. The molecule has 1 aliphatic heterocycles. The van der Waals surface area contributed by atoms with E-state index in [1.165, 1.54) is 28.8 Å². The molecule has 0 fully saturated rings. The molecule has 0 saturated heterocycles. The van der Waals surface area contributed by atoms with Crippen LogP contribution in [-0.4, -0.2) is 28.5 Å². The van der Waals surface area contributed by atoms with Gasteiger partial charge in [0.15, 0.2) is 0 Å². The van der Waals surface area contributed by atoms with Gasteiger partial charge < -0.3 is 4.90 Å². The maximum absolute atomic E-state index is 12.9. The number of halogens is 3. The lowest BCUT2D eigenvalue weighted by Crippen LogP contribution is -2.43. The minimum absolute atomic E-state index is 0.111. The number of hydrogen-bond acceptors (Lipinski definition) is 3. The van der Waals surface area contributed by atoms with Gasteiger partial charge in [-0.1, -0.05) is 17.7 Å². The van der Waals surface area contributed by atoms with E-state index in [9.17, 15) is 18.0 Å². The molecule has 4 nitrogen and oxygen atoms in total.